The average Bonchev–Trinajstić information content (AvgIpc) is 2.73. The number of carbonyl (C=O) groups is 1. The molecule has 0 radical (unpaired) electrons. The van der Waals surface area contributed by atoms with Gasteiger partial charge < -0.3 is 10.2 Å². The van der Waals surface area contributed by atoms with Crippen LogP contribution in [0.2, 0.25) is 0 Å². The third kappa shape index (κ3) is 3.37. The van der Waals surface area contributed by atoms with Crippen molar-refractivity contribution in [3.63, 3.8) is 0 Å². The smallest absolute Gasteiger partial charge is 0.336 e. The van der Waals surface area contributed by atoms with Crippen LogP contribution in [0.1, 0.15) is 21.5 Å². The summed E-state index contributed by atoms with van der Waals surface area (Å²) in [6, 6.07) is 19.2. The highest BCUT2D eigenvalue weighted by Gasteiger charge is 2.19. The Bertz CT molecular complexity index is 1230. The zero-order valence-corrected chi connectivity index (χ0v) is 15.7. The summed E-state index contributed by atoms with van der Waals surface area (Å²) in [5.74, 6) is -1.61. The summed E-state index contributed by atoms with van der Waals surface area (Å²) in [7, 11) is 0. The van der Waals surface area contributed by atoms with Crippen LogP contribution in [-0.2, 0) is 6.61 Å². The standard InChI is InChI=1S/C24H18FNO3/c1-14-22(24(28)29)20-12-18(25)10-11-21(20)26-23(14)16-8-6-15(7-9-16)19-5-3-2-4-17(19)13-27/h2-12,27H,13H2,1H3,(H,28,29). The fraction of sp³-hybridized carbons (Fsp3) is 0.0833. The second-order valence-corrected chi connectivity index (χ2v) is 6.82. The molecule has 0 fully saturated rings. The summed E-state index contributed by atoms with van der Waals surface area (Å²) in [5.41, 5.74) is 4.99. The number of fused-ring (bicyclic) bond motifs is 1. The van der Waals surface area contributed by atoms with Crippen LogP contribution in [-0.4, -0.2) is 21.2 Å². The van der Waals surface area contributed by atoms with E-state index in [0.717, 1.165) is 22.3 Å². The summed E-state index contributed by atoms with van der Waals surface area (Å²) in [6.07, 6.45) is 0. The largest absolute Gasteiger partial charge is 0.478 e. The number of aliphatic hydroxyl groups excluding tert-OH is 1. The second-order valence-electron chi connectivity index (χ2n) is 6.82. The molecule has 1 heterocycles. The lowest BCUT2D eigenvalue weighted by atomic mass is 9.95. The van der Waals surface area contributed by atoms with Crippen molar-refractivity contribution in [2.24, 2.45) is 0 Å². The average molecular weight is 387 g/mol. The Morgan fingerprint density at radius 3 is 2.38 bits per heavy atom. The van der Waals surface area contributed by atoms with Crippen LogP contribution in [0.4, 0.5) is 4.39 Å². The molecule has 4 nitrogen and oxygen atoms in total. The van der Waals surface area contributed by atoms with Crippen molar-refractivity contribution >= 4 is 16.9 Å². The van der Waals surface area contributed by atoms with Crippen molar-refractivity contribution in [3.05, 3.63) is 89.2 Å². The third-order valence-electron chi connectivity index (χ3n) is 5.06. The first kappa shape index (κ1) is 18.8. The van der Waals surface area contributed by atoms with E-state index in [1.165, 1.54) is 18.2 Å². The third-order valence-corrected chi connectivity index (χ3v) is 5.06. The number of halogens is 1. The molecule has 2 N–H and O–H groups in total. The van der Waals surface area contributed by atoms with Gasteiger partial charge in [-0.1, -0.05) is 48.5 Å². The Morgan fingerprint density at radius 2 is 1.69 bits per heavy atom. The van der Waals surface area contributed by atoms with E-state index in [9.17, 15) is 19.4 Å². The number of hydrogen-bond acceptors (Lipinski definition) is 3. The molecule has 29 heavy (non-hydrogen) atoms. The number of carboxylic acids is 1. The normalized spacial score (nSPS) is 11.0. The zero-order valence-electron chi connectivity index (χ0n) is 15.7. The number of nitrogens with zero attached hydrogens (tertiary/aromatic N) is 1. The molecule has 4 rings (SSSR count). The van der Waals surface area contributed by atoms with Gasteiger partial charge in [-0.25, -0.2) is 14.2 Å². The Labute approximate surface area is 166 Å². The summed E-state index contributed by atoms with van der Waals surface area (Å²) in [4.78, 5) is 16.5. The number of rotatable bonds is 4. The number of aliphatic hydroxyl groups is 1. The molecule has 144 valence electrons. The maximum absolute atomic E-state index is 13.7. The minimum Gasteiger partial charge on any atom is -0.478 e. The van der Waals surface area contributed by atoms with Gasteiger partial charge in [0.1, 0.15) is 5.82 Å². The predicted octanol–water partition coefficient (Wildman–Crippen LogP) is 5.21. The SMILES string of the molecule is Cc1c(-c2ccc(-c3ccccc3CO)cc2)nc2ccc(F)cc2c1C(=O)O. The maximum Gasteiger partial charge on any atom is 0.336 e. The highest BCUT2D eigenvalue weighted by Crippen LogP contribution is 2.32. The molecule has 0 saturated carbocycles. The monoisotopic (exact) mass is 387 g/mol. The van der Waals surface area contributed by atoms with Gasteiger partial charge in [-0.2, -0.15) is 0 Å². The topological polar surface area (TPSA) is 70.4 Å². The Hall–Kier alpha value is -3.57. The van der Waals surface area contributed by atoms with Gasteiger partial charge in [0, 0.05) is 10.9 Å². The van der Waals surface area contributed by atoms with Crippen LogP contribution in [0, 0.1) is 12.7 Å². The number of hydrogen-bond donors (Lipinski definition) is 2. The Balaban J connectivity index is 1.86. The van der Waals surface area contributed by atoms with Gasteiger partial charge in [-0.05, 0) is 47.4 Å². The lowest BCUT2D eigenvalue weighted by Gasteiger charge is -2.13. The lowest BCUT2D eigenvalue weighted by Crippen LogP contribution is -2.05. The molecule has 0 bridgehead atoms. The first-order valence-corrected chi connectivity index (χ1v) is 9.12. The van der Waals surface area contributed by atoms with Crippen molar-refractivity contribution in [2.45, 2.75) is 13.5 Å². The van der Waals surface area contributed by atoms with Crippen molar-refractivity contribution < 1.29 is 19.4 Å². The van der Waals surface area contributed by atoms with E-state index in [4.69, 9.17) is 0 Å². The van der Waals surface area contributed by atoms with Gasteiger partial charge in [0.25, 0.3) is 0 Å². The molecule has 0 atom stereocenters. The van der Waals surface area contributed by atoms with Crippen molar-refractivity contribution in [3.8, 4) is 22.4 Å². The molecule has 0 amide bonds. The van der Waals surface area contributed by atoms with E-state index in [2.05, 4.69) is 4.98 Å². The Kier molecular flexibility index (Phi) is 4.82. The molecule has 0 saturated heterocycles. The van der Waals surface area contributed by atoms with Gasteiger partial charge in [-0.3, -0.25) is 0 Å². The first-order valence-electron chi connectivity index (χ1n) is 9.12. The van der Waals surface area contributed by atoms with Gasteiger partial charge >= 0.3 is 5.97 Å². The van der Waals surface area contributed by atoms with Crippen LogP contribution in [0.3, 0.4) is 0 Å². The van der Waals surface area contributed by atoms with Crippen LogP contribution < -0.4 is 0 Å². The second kappa shape index (κ2) is 7.45. The van der Waals surface area contributed by atoms with Crippen molar-refractivity contribution in [1.82, 2.24) is 4.98 Å². The fourth-order valence-corrected chi connectivity index (χ4v) is 3.63. The van der Waals surface area contributed by atoms with E-state index < -0.39 is 11.8 Å². The molecule has 0 aliphatic heterocycles. The van der Waals surface area contributed by atoms with E-state index in [1.54, 1.807) is 6.92 Å². The number of carboxylic acid groups (broad SMARTS) is 1. The van der Waals surface area contributed by atoms with E-state index in [-0.39, 0.29) is 17.6 Å². The summed E-state index contributed by atoms with van der Waals surface area (Å²) >= 11 is 0. The number of benzene rings is 3. The minimum atomic E-state index is -1.12. The minimum absolute atomic E-state index is 0.0538. The maximum atomic E-state index is 13.7. The number of aromatic carboxylic acids is 1. The molecule has 4 aromatic rings. The lowest BCUT2D eigenvalue weighted by molar-refractivity contribution is 0.0698. The zero-order chi connectivity index (χ0) is 20.5. The van der Waals surface area contributed by atoms with Crippen LogP contribution in [0.25, 0.3) is 33.3 Å². The van der Waals surface area contributed by atoms with Gasteiger partial charge in [-0.15, -0.1) is 0 Å². The van der Waals surface area contributed by atoms with Crippen LogP contribution in [0.15, 0.2) is 66.7 Å². The molecule has 5 heteroatoms. The van der Waals surface area contributed by atoms with Crippen LogP contribution in [0.5, 0.6) is 0 Å². The molecular weight excluding hydrogens is 369 g/mol. The fourth-order valence-electron chi connectivity index (χ4n) is 3.63. The molecule has 0 spiro atoms. The summed E-state index contributed by atoms with van der Waals surface area (Å²) in [6.45, 7) is 1.63. The number of aromatic nitrogens is 1. The quantitative estimate of drug-likeness (QED) is 0.504. The van der Waals surface area contributed by atoms with Gasteiger partial charge in [0.05, 0.1) is 23.4 Å². The Morgan fingerprint density at radius 1 is 1.00 bits per heavy atom. The van der Waals surface area contributed by atoms with Gasteiger partial charge in [0.2, 0.25) is 0 Å². The summed E-state index contributed by atoms with van der Waals surface area (Å²) in [5, 5.41) is 19.5. The van der Waals surface area contributed by atoms with E-state index >= 15 is 0 Å². The van der Waals surface area contributed by atoms with E-state index in [0.29, 0.717) is 16.8 Å². The first-order chi connectivity index (χ1) is 14.0. The molecule has 1 aromatic heterocycles. The molecule has 3 aromatic carbocycles. The predicted molar refractivity (Wildman–Crippen MR) is 110 cm³/mol. The molecular formula is C24H18FNO3. The molecule has 0 aliphatic rings. The van der Waals surface area contributed by atoms with Crippen molar-refractivity contribution in [1.29, 1.82) is 0 Å². The molecule has 0 aliphatic carbocycles. The number of pyridine rings is 1. The van der Waals surface area contributed by atoms with E-state index in [1.807, 2.05) is 48.5 Å². The highest BCUT2D eigenvalue weighted by molar-refractivity contribution is 6.05. The van der Waals surface area contributed by atoms with Gasteiger partial charge in [0.15, 0.2) is 0 Å². The van der Waals surface area contributed by atoms with Crippen molar-refractivity contribution in [2.75, 3.05) is 0 Å². The summed E-state index contributed by atoms with van der Waals surface area (Å²) < 4.78 is 13.7. The van der Waals surface area contributed by atoms with Crippen LogP contribution >= 0.6 is 0 Å². The molecule has 0 unspecified atom stereocenters. The highest BCUT2D eigenvalue weighted by atomic mass is 19.1.